The summed E-state index contributed by atoms with van der Waals surface area (Å²) < 4.78 is 8.32. The summed E-state index contributed by atoms with van der Waals surface area (Å²) in [5, 5.41) is 0. The molecule has 0 aromatic carbocycles. The van der Waals surface area contributed by atoms with Gasteiger partial charge in [0.05, 0.1) is 12.4 Å². The Morgan fingerprint density at radius 1 is 1.05 bits per heavy atom. The molecule has 8 nitrogen and oxygen atoms in total. The molecule has 0 spiro atoms. The zero-order valence-corrected chi connectivity index (χ0v) is 27.9. The molecular formula is C33H60N6O2. The lowest BCUT2D eigenvalue weighted by Crippen LogP contribution is -2.56. The van der Waals surface area contributed by atoms with Gasteiger partial charge >= 0.3 is 0 Å². The smallest absolute Gasteiger partial charge is 0.222 e. The van der Waals surface area contributed by atoms with Crippen LogP contribution in [0.3, 0.4) is 0 Å². The molecule has 2 saturated heterocycles. The Kier molecular flexibility index (Phi) is 7.94. The number of ether oxygens (including phenoxy) is 1. The number of likely N-dealkylation sites (tertiary alicyclic amines) is 1. The van der Waals surface area contributed by atoms with Crippen LogP contribution in [0.5, 0.6) is 0 Å². The van der Waals surface area contributed by atoms with Crippen molar-refractivity contribution in [2.45, 2.75) is 150 Å². The fourth-order valence-electron chi connectivity index (χ4n) is 8.48. The van der Waals surface area contributed by atoms with Gasteiger partial charge in [0.15, 0.2) is 0 Å². The Morgan fingerprint density at radius 3 is 2.10 bits per heavy atom. The van der Waals surface area contributed by atoms with E-state index in [0.717, 1.165) is 38.6 Å². The van der Waals surface area contributed by atoms with E-state index in [1.54, 1.807) is 0 Å². The first-order chi connectivity index (χ1) is 18.5. The van der Waals surface area contributed by atoms with Crippen LogP contribution >= 0.6 is 0 Å². The quantitative estimate of drug-likeness (QED) is 0.278. The first kappa shape index (κ1) is 32.4. The summed E-state index contributed by atoms with van der Waals surface area (Å²) in [4.78, 5) is 19.5. The maximum atomic E-state index is 13.1. The molecule has 0 bridgehead atoms. The van der Waals surface area contributed by atoms with Crippen molar-refractivity contribution < 1.29 is 9.53 Å². The second-order valence-corrected chi connectivity index (χ2v) is 17.3. The molecule has 3 heterocycles. The highest BCUT2D eigenvalue weighted by atomic mass is 16.6. The van der Waals surface area contributed by atoms with Gasteiger partial charge in [-0.3, -0.25) is 4.79 Å². The molecule has 3 aliphatic rings. The van der Waals surface area contributed by atoms with Gasteiger partial charge in [0.2, 0.25) is 5.91 Å². The summed E-state index contributed by atoms with van der Waals surface area (Å²) in [6.45, 7) is 25.9. The van der Waals surface area contributed by atoms with Crippen LogP contribution in [0.2, 0.25) is 0 Å². The maximum absolute atomic E-state index is 13.1. The first-order valence-electron chi connectivity index (χ1n) is 15.7. The second-order valence-electron chi connectivity index (χ2n) is 17.3. The van der Waals surface area contributed by atoms with Gasteiger partial charge in [0.25, 0.3) is 0 Å². The lowest BCUT2D eigenvalue weighted by Gasteiger charge is -2.53. The average molecular weight is 573 g/mol. The molecule has 3 fully saturated rings. The third kappa shape index (κ3) is 5.75. The van der Waals surface area contributed by atoms with E-state index in [9.17, 15) is 4.79 Å². The van der Waals surface area contributed by atoms with Crippen molar-refractivity contribution in [3.63, 3.8) is 0 Å². The van der Waals surface area contributed by atoms with Crippen LogP contribution in [0.1, 0.15) is 121 Å². The van der Waals surface area contributed by atoms with Crippen LogP contribution in [0.25, 0.3) is 0 Å². The van der Waals surface area contributed by atoms with Gasteiger partial charge in [-0.2, -0.15) is 0 Å². The van der Waals surface area contributed by atoms with E-state index < -0.39 is 5.54 Å². The van der Waals surface area contributed by atoms with Gasteiger partial charge in [-0.1, -0.05) is 48.5 Å². The zero-order chi connectivity index (χ0) is 31.0. The molecular weight excluding hydrogens is 512 g/mol. The van der Waals surface area contributed by atoms with Crippen molar-refractivity contribution in [3.05, 3.63) is 18.7 Å². The van der Waals surface area contributed by atoms with Crippen LogP contribution in [0, 0.1) is 27.1 Å². The summed E-state index contributed by atoms with van der Waals surface area (Å²) >= 11 is 0. The number of imidazole rings is 1. The van der Waals surface area contributed by atoms with Gasteiger partial charge in [0.1, 0.15) is 12.3 Å². The Hall–Kier alpha value is -1.48. The molecule has 234 valence electrons. The molecule has 8 heteroatoms. The standard InChI is InChI=1S/C33H60N6O2/c1-27(2,17-23(31(9,10)36)38-16-14-37-21-38)32(11)20-33(32,25-26(34)41-25)19-28(3,4)30(7,8)22(18-29(5,6)35)39-15-12-13-24(39)40/h14,16,21-23,25-26H,12-13,15,17-20,34-36H2,1-11H3. The zero-order valence-electron chi connectivity index (χ0n) is 27.9. The predicted octanol–water partition coefficient (Wildman–Crippen LogP) is 5.22. The number of epoxide rings is 1. The normalized spacial score (nSPS) is 31.0. The molecule has 1 saturated carbocycles. The summed E-state index contributed by atoms with van der Waals surface area (Å²) in [6, 6.07) is 0.158. The van der Waals surface area contributed by atoms with E-state index >= 15 is 0 Å². The average Bonchev–Trinajstić information content (AvgIpc) is 3.46. The van der Waals surface area contributed by atoms with Crippen molar-refractivity contribution in [2.24, 2.45) is 44.3 Å². The van der Waals surface area contributed by atoms with E-state index in [2.05, 4.69) is 90.6 Å². The van der Waals surface area contributed by atoms with Crippen molar-refractivity contribution in [1.29, 1.82) is 0 Å². The Morgan fingerprint density at radius 2 is 1.66 bits per heavy atom. The van der Waals surface area contributed by atoms with Gasteiger partial charge in [-0.05, 0) is 81.5 Å². The maximum Gasteiger partial charge on any atom is 0.222 e. The second kappa shape index (κ2) is 10.0. The third-order valence-electron chi connectivity index (χ3n) is 12.2. The number of hydrogen-bond acceptors (Lipinski definition) is 6. The monoisotopic (exact) mass is 572 g/mol. The summed E-state index contributed by atoms with van der Waals surface area (Å²) in [5.41, 5.74) is 18.7. The molecule has 6 unspecified atom stereocenters. The van der Waals surface area contributed by atoms with Crippen LogP contribution < -0.4 is 17.2 Å². The summed E-state index contributed by atoms with van der Waals surface area (Å²) in [5.74, 6) is 0.262. The topological polar surface area (TPSA) is 129 Å². The molecule has 0 radical (unpaired) electrons. The molecule has 6 N–H and O–H groups in total. The third-order valence-corrected chi connectivity index (χ3v) is 12.2. The largest absolute Gasteiger partial charge is 0.353 e. The van der Waals surface area contributed by atoms with Crippen LogP contribution in [0.4, 0.5) is 0 Å². The van der Waals surface area contributed by atoms with E-state index in [4.69, 9.17) is 21.9 Å². The molecule has 1 aromatic rings. The van der Waals surface area contributed by atoms with Gasteiger partial charge < -0.3 is 31.4 Å². The number of carbonyl (C=O) groups is 1. The van der Waals surface area contributed by atoms with E-state index in [1.165, 1.54) is 0 Å². The lowest BCUT2D eigenvalue weighted by atomic mass is 9.55. The van der Waals surface area contributed by atoms with E-state index in [-0.39, 0.29) is 62.9 Å². The number of nitrogens with two attached hydrogens (primary N) is 3. The SMILES string of the molecule is CC(C)(N)CC(N1CCCC1=O)C(C)(C)C(C)(C)CC1(C2OC2N)CC1(C)C(C)(C)CC(n1ccnc1)C(C)(C)N. The molecule has 41 heavy (non-hydrogen) atoms. The number of carbonyl (C=O) groups excluding carboxylic acids is 1. The number of nitrogens with zero attached hydrogens (tertiary/aromatic N) is 3. The predicted molar refractivity (Wildman–Crippen MR) is 166 cm³/mol. The molecule has 2 aliphatic heterocycles. The molecule has 1 amide bonds. The Labute approximate surface area is 249 Å². The van der Waals surface area contributed by atoms with Crippen molar-refractivity contribution in [1.82, 2.24) is 14.5 Å². The van der Waals surface area contributed by atoms with Crippen molar-refractivity contribution >= 4 is 5.91 Å². The Bertz CT molecular complexity index is 1100. The molecule has 1 aliphatic carbocycles. The number of hydrogen-bond donors (Lipinski definition) is 3. The van der Waals surface area contributed by atoms with Crippen molar-refractivity contribution in [2.75, 3.05) is 6.54 Å². The van der Waals surface area contributed by atoms with Gasteiger partial charge in [-0.15, -0.1) is 0 Å². The Balaban J connectivity index is 1.67. The fraction of sp³-hybridized carbons (Fsp3) is 0.879. The fourth-order valence-corrected chi connectivity index (χ4v) is 8.48. The van der Waals surface area contributed by atoms with Gasteiger partial charge in [0, 0.05) is 47.9 Å². The minimum Gasteiger partial charge on any atom is -0.353 e. The molecule has 6 atom stereocenters. The number of aromatic nitrogens is 2. The minimum absolute atomic E-state index is 0.00230. The lowest BCUT2D eigenvalue weighted by molar-refractivity contribution is -0.136. The van der Waals surface area contributed by atoms with Crippen molar-refractivity contribution in [3.8, 4) is 0 Å². The molecule has 4 rings (SSSR count). The number of amides is 1. The minimum atomic E-state index is -0.413. The van der Waals surface area contributed by atoms with E-state index in [0.29, 0.717) is 6.42 Å². The highest BCUT2D eigenvalue weighted by Crippen LogP contribution is 2.80. The van der Waals surface area contributed by atoms with Crippen LogP contribution in [-0.2, 0) is 9.53 Å². The van der Waals surface area contributed by atoms with Crippen LogP contribution in [0.15, 0.2) is 18.7 Å². The van der Waals surface area contributed by atoms with E-state index in [1.807, 2.05) is 18.7 Å². The number of rotatable bonds is 13. The highest BCUT2D eigenvalue weighted by molar-refractivity contribution is 5.78. The van der Waals surface area contributed by atoms with Gasteiger partial charge in [-0.25, -0.2) is 4.98 Å². The summed E-state index contributed by atoms with van der Waals surface area (Å²) in [7, 11) is 0. The highest BCUT2D eigenvalue weighted by Gasteiger charge is 2.78. The van der Waals surface area contributed by atoms with Crippen LogP contribution in [-0.4, -0.2) is 56.4 Å². The summed E-state index contributed by atoms with van der Waals surface area (Å²) in [6.07, 6.45) is 10.8. The molecule has 1 aromatic heterocycles. The first-order valence-corrected chi connectivity index (χ1v) is 15.7.